The van der Waals surface area contributed by atoms with Crippen molar-refractivity contribution in [3.8, 4) is 0 Å². The first-order valence-corrected chi connectivity index (χ1v) is 6.37. The molecule has 3 N–H and O–H groups in total. The second-order valence-electron chi connectivity index (χ2n) is 6.07. The summed E-state index contributed by atoms with van der Waals surface area (Å²) >= 11 is 0. The van der Waals surface area contributed by atoms with Gasteiger partial charge >= 0.3 is 5.97 Å². The monoisotopic (exact) mass is 260 g/mol. The third-order valence-electron chi connectivity index (χ3n) is 4.63. The zero-order valence-electron chi connectivity index (χ0n) is 9.95. The number of hydrazine groups is 1. The molecule has 4 aliphatic carbocycles. The SMILES string of the molecule is Cl.O=C(O)CNNC12CC3CC(CC(C3)C1)C2. The average molecular weight is 261 g/mol. The van der Waals surface area contributed by atoms with Crippen LogP contribution in [0.5, 0.6) is 0 Å². The fraction of sp³-hybridized carbons (Fsp3) is 0.917. The number of rotatable bonds is 4. The van der Waals surface area contributed by atoms with Crippen LogP contribution in [0.4, 0.5) is 0 Å². The molecule has 4 nitrogen and oxygen atoms in total. The highest BCUT2D eigenvalue weighted by Gasteiger charge is 2.50. The van der Waals surface area contributed by atoms with E-state index in [4.69, 9.17) is 5.11 Å². The van der Waals surface area contributed by atoms with Crippen LogP contribution in [0.2, 0.25) is 0 Å². The number of halogens is 1. The van der Waals surface area contributed by atoms with Gasteiger partial charge in [0, 0.05) is 5.54 Å². The molecule has 98 valence electrons. The zero-order valence-corrected chi connectivity index (χ0v) is 10.8. The Kier molecular flexibility index (Phi) is 3.66. The fourth-order valence-corrected chi connectivity index (χ4v) is 4.57. The van der Waals surface area contributed by atoms with E-state index in [0.717, 1.165) is 17.8 Å². The molecule has 4 bridgehead atoms. The molecule has 0 amide bonds. The van der Waals surface area contributed by atoms with Gasteiger partial charge < -0.3 is 5.11 Å². The Hall–Kier alpha value is -0.320. The molecular formula is C12H21ClN2O2. The van der Waals surface area contributed by atoms with Crippen LogP contribution in [0.15, 0.2) is 0 Å². The van der Waals surface area contributed by atoms with Crippen LogP contribution in [0.3, 0.4) is 0 Å². The Bertz CT molecular complexity index is 274. The summed E-state index contributed by atoms with van der Waals surface area (Å²) in [6.45, 7) is 0.0156. The van der Waals surface area contributed by atoms with Gasteiger partial charge in [-0.1, -0.05) is 0 Å². The van der Waals surface area contributed by atoms with Crippen molar-refractivity contribution in [1.82, 2.24) is 10.9 Å². The lowest BCUT2D eigenvalue weighted by Gasteiger charge is -2.56. The third-order valence-corrected chi connectivity index (χ3v) is 4.63. The molecule has 4 saturated carbocycles. The predicted octanol–water partition coefficient (Wildman–Crippen LogP) is 1.56. The molecule has 0 unspecified atom stereocenters. The van der Waals surface area contributed by atoms with Crippen LogP contribution in [-0.2, 0) is 4.79 Å². The molecule has 0 aromatic carbocycles. The van der Waals surface area contributed by atoms with Gasteiger partial charge in [0.1, 0.15) is 6.54 Å². The Labute approximate surface area is 108 Å². The molecule has 0 saturated heterocycles. The van der Waals surface area contributed by atoms with E-state index in [1.165, 1.54) is 38.5 Å². The van der Waals surface area contributed by atoms with E-state index in [2.05, 4.69) is 10.9 Å². The minimum absolute atomic E-state index is 0. The van der Waals surface area contributed by atoms with E-state index >= 15 is 0 Å². The van der Waals surface area contributed by atoms with Gasteiger partial charge in [-0.15, -0.1) is 12.4 Å². The molecule has 0 aliphatic heterocycles. The van der Waals surface area contributed by atoms with Gasteiger partial charge in [-0.2, -0.15) is 0 Å². The number of aliphatic carboxylic acids is 1. The highest BCUT2D eigenvalue weighted by atomic mass is 35.5. The summed E-state index contributed by atoms with van der Waals surface area (Å²) in [6, 6.07) is 0. The summed E-state index contributed by atoms with van der Waals surface area (Å²) in [5, 5.41) is 8.62. The largest absolute Gasteiger partial charge is 0.480 e. The van der Waals surface area contributed by atoms with Gasteiger partial charge in [-0.05, 0) is 56.3 Å². The summed E-state index contributed by atoms with van der Waals surface area (Å²) in [4.78, 5) is 10.5. The molecule has 0 radical (unpaired) electrons. The van der Waals surface area contributed by atoms with Crippen molar-refractivity contribution in [2.75, 3.05) is 6.54 Å². The topological polar surface area (TPSA) is 61.4 Å². The maximum atomic E-state index is 10.5. The Balaban J connectivity index is 0.00000108. The average Bonchev–Trinajstić information content (AvgIpc) is 2.13. The minimum atomic E-state index is -0.794. The standard InChI is InChI=1S/C12H20N2O2.ClH/c15-11(16)7-13-14-12-4-8-1-9(5-12)3-10(2-8)6-12;/h8-10,13-14H,1-7H2,(H,15,16);1H. The van der Waals surface area contributed by atoms with E-state index in [9.17, 15) is 4.79 Å². The lowest BCUT2D eigenvalue weighted by molar-refractivity contribution is -0.136. The lowest BCUT2D eigenvalue weighted by atomic mass is 9.53. The number of carboxylic acids is 1. The molecule has 0 aromatic heterocycles. The molecule has 4 fully saturated rings. The van der Waals surface area contributed by atoms with Crippen LogP contribution in [-0.4, -0.2) is 23.2 Å². The number of hydrogen-bond donors (Lipinski definition) is 3. The van der Waals surface area contributed by atoms with E-state index in [-0.39, 0.29) is 24.5 Å². The quantitative estimate of drug-likeness (QED) is 0.672. The summed E-state index contributed by atoms with van der Waals surface area (Å²) in [7, 11) is 0. The minimum Gasteiger partial charge on any atom is -0.480 e. The van der Waals surface area contributed by atoms with Crippen molar-refractivity contribution in [2.45, 2.75) is 44.1 Å². The highest BCUT2D eigenvalue weighted by Crippen LogP contribution is 2.55. The van der Waals surface area contributed by atoms with Gasteiger partial charge in [-0.25, -0.2) is 5.43 Å². The first kappa shape index (κ1) is 13.1. The Morgan fingerprint density at radius 1 is 1.12 bits per heavy atom. The molecule has 5 heteroatoms. The first-order valence-electron chi connectivity index (χ1n) is 6.37. The van der Waals surface area contributed by atoms with Gasteiger partial charge in [0.15, 0.2) is 0 Å². The number of carbonyl (C=O) groups is 1. The third kappa shape index (κ3) is 2.59. The fourth-order valence-electron chi connectivity index (χ4n) is 4.57. The first-order chi connectivity index (χ1) is 7.65. The Morgan fingerprint density at radius 3 is 2.00 bits per heavy atom. The van der Waals surface area contributed by atoms with Crippen LogP contribution in [0, 0.1) is 17.8 Å². The van der Waals surface area contributed by atoms with E-state index in [1.54, 1.807) is 0 Å². The van der Waals surface area contributed by atoms with Crippen LogP contribution >= 0.6 is 12.4 Å². The van der Waals surface area contributed by atoms with Crippen molar-refractivity contribution >= 4 is 18.4 Å². The smallest absolute Gasteiger partial charge is 0.318 e. The van der Waals surface area contributed by atoms with E-state index in [1.807, 2.05) is 0 Å². The van der Waals surface area contributed by atoms with E-state index < -0.39 is 5.97 Å². The molecule has 17 heavy (non-hydrogen) atoms. The number of carboxylic acid groups (broad SMARTS) is 1. The Morgan fingerprint density at radius 2 is 1.59 bits per heavy atom. The van der Waals surface area contributed by atoms with Gasteiger partial charge in [-0.3, -0.25) is 10.2 Å². The molecule has 0 atom stereocenters. The summed E-state index contributed by atoms with van der Waals surface area (Å²) in [5.41, 5.74) is 6.43. The maximum Gasteiger partial charge on any atom is 0.318 e. The van der Waals surface area contributed by atoms with Crippen LogP contribution in [0.25, 0.3) is 0 Å². The molecule has 4 rings (SSSR count). The number of hydrogen-bond acceptors (Lipinski definition) is 3. The zero-order chi connectivity index (χ0) is 11.2. The predicted molar refractivity (Wildman–Crippen MR) is 66.9 cm³/mol. The summed E-state index contributed by atoms with van der Waals surface area (Å²) in [6.07, 6.45) is 7.97. The normalized spacial score (nSPS) is 42.2. The molecule has 4 aliphatic rings. The second-order valence-corrected chi connectivity index (χ2v) is 6.07. The second kappa shape index (κ2) is 4.75. The number of nitrogens with one attached hydrogen (secondary N) is 2. The van der Waals surface area contributed by atoms with Crippen LogP contribution < -0.4 is 10.9 Å². The van der Waals surface area contributed by atoms with Crippen LogP contribution in [0.1, 0.15) is 38.5 Å². The summed E-state index contributed by atoms with van der Waals surface area (Å²) in [5.74, 6) is 1.89. The molecule has 0 spiro atoms. The molecular weight excluding hydrogens is 240 g/mol. The van der Waals surface area contributed by atoms with Gasteiger partial charge in [0.25, 0.3) is 0 Å². The van der Waals surface area contributed by atoms with E-state index in [0.29, 0.717) is 0 Å². The van der Waals surface area contributed by atoms with Gasteiger partial charge in [0.2, 0.25) is 0 Å². The van der Waals surface area contributed by atoms with Crippen molar-refractivity contribution in [2.24, 2.45) is 17.8 Å². The maximum absolute atomic E-state index is 10.5. The lowest BCUT2D eigenvalue weighted by Crippen LogP contribution is -2.62. The molecule has 0 heterocycles. The van der Waals surface area contributed by atoms with Crippen molar-refractivity contribution in [3.05, 3.63) is 0 Å². The highest BCUT2D eigenvalue weighted by molar-refractivity contribution is 5.85. The summed E-state index contributed by atoms with van der Waals surface area (Å²) < 4.78 is 0. The van der Waals surface area contributed by atoms with Crippen molar-refractivity contribution in [1.29, 1.82) is 0 Å². The van der Waals surface area contributed by atoms with Gasteiger partial charge in [0.05, 0.1) is 0 Å². The van der Waals surface area contributed by atoms with Crippen molar-refractivity contribution in [3.63, 3.8) is 0 Å². The molecule has 0 aromatic rings. The van der Waals surface area contributed by atoms with Crippen molar-refractivity contribution < 1.29 is 9.90 Å².